The van der Waals surface area contributed by atoms with Gasteiger partial charge in [0, 0.05) is 29.8 Å². The van der Waals surface area contributed by atoms with Crippen molar-refractivity contribution >= 4 is 11.6 Å². The Morgan fingerprint density at radius 2 is 1.72 bits per heavy atom. The van der Waals surface area contributed by atoms with Gasteiger partial charge in [-0.1, -0.05) is 11.6 Å². The van der Waals surface area contributed by atoms with Gasteiger partial charge in [0.1, 0.15) is 16.3 Å². The van der Waals surface area contributed by atoms with E-state index >= 15 is 8.78 Å². The lowest BCUT2D eigenvalue weighted by Crippen LogP contribution is -2.30. The first-order valence-electron chi connectivity index (χ1n) is 11.8. The Labute approximate surface area is 226 Å². The second-order valence-electron chi connectivity index (χ2n) is 9.74. The van der Waals surface area contributed by atoms with Gasteiger partial charge in [0.15, 0.2) is 17.7 Å². The van der Waals surface area contributed by atoms with Gasteiger partial charge in [-0.15, -0.1) is 0 Å². The number of nitrogens with zero attached hydrogens (tertiary/aromatic N) is 5. The van der Waals surface area contributed by atoms with Crippen LogP contribution in [0.4, 0.5) is 13.2 Å². The number of halogens is 4. The van der Waals surface area contributed by atoms with Crippen molar-refractivity contribution in [1.29, 1.82) is 0 Å². The second kappa shape index (κ2) is 10.1. The van der Waals surface area contributed by atoms with Crippen LogP contribution in [0.3, 0.4) is 0 Å². The molecule has 1 atom stereocenters. The predicted octanol–water partition coefficient (Wildman–Crippen LogP) is 4.86. The third-order valence-corrected chi connectivity index (χ3v) is 6.45. The highest BCUT2D eigenvalue weighted by atomic mass is 35.5. The molecule has 0 bridgehead atoms. The largest absolute Gasteiger partial charge is 0.382 e. The van der Waals surface area contributed by atoms with E-state index in [9.17, 15) is 19.4 Å². The number of aryl methyl sites for hydroxylation is 3. The lowest BCUT2D eigenvalue weighted by Gasteiger charge is -2.25. The van der Waals surface area contributed by atoms with Crippen molar-refractivity contribution in [3.63, 3.8) is 0 Å². The summed E-state index contributed by atoms with van der Waals surface area (Å²) in [5.74, 6) is -5.31. The molecule has 12 heteroatoms. The first-order chi connectivity index (χ1) is 18.1. The topological polar surface area (TPSA) is 114 Å². The molecule has 4 rings (SSSR count). The van der Waals surface area contributed by atoms with E-state index in [2.05, 4.69) is 19.9 Å². The molecule has 204 valence electrons. The summed E-state index contributed by atoms with van der Waals surface area (Å²) in [5, 5.41) is 20.2. The molecule has 4 aromatic heterocycles. The number of aliphatic hydroxyl groups is 2. The number of aromatic nitrogens is 5. The summed E-state index contributed by atoms with van der Waals surface area (Å²) in [6.07, 6.45) is 1.37. The zero-order valence-corrected chi connectivity index (χ0v) is 22.4. The number of pyridine rings is 3. The average Bonchev–Trinajstić information content (AvgIpc) is 2.86. The quantitative estimate of drug-likeness (QED) is 0.347. The van der Waals surface area contributed by atoms with Gasteiger partial charge in [-0.3, -0.25) is 19.3 Å². The highest BCUT2D eigenvalue weighted by Gasteiger charge is 2.46. The maximum atomic E-state index is 15.2. The summed E-state index contributed by atoms with van der Waals surface area (Å²) >= 11 is 6.25. The van der Waals surface area contributed by atoms with Gasteiger partial charge in [-0.2, -0.15) is 8.78 Å². The molecule has 4 aromatic rings. The minimum atomic E-state index is -4.18. The Morgan fingerprint density at radius 3 is 2.36 bits per heavy atom. The monoisotopic (exact) mass is 559 g/mol. The molecule has 39 heavy (non-hydrogen) atoms. The van der Waals surface area contributed by atoms with Gasteiger partial charge < -0.3 is 10.2 Å². The van der Waals surface area contributed by atoms with Crippen molar-refractivity contribution in [2.24, 2.45) is 0 Å². The molecule has 0 aliphatic carbocycles. The molecule has 0 saturated carbocycles. The zero-order valence-electron chi connectivity index (χ0n) is 21.7. The summed E-state index contributed by atoms with van der Waals surface area (Å²) in [7, 11) is 0. The third kappa shape index (κ3) is 5.29. The van der Waals surface area contributed by atoms with E-state index in [1.165, 1.54) is 44.7 Å². The summed E-state index contributed by atoms with van der Waals surface area (Å²) in [4.78, 5) is 29.6. The van der Waals surface area contributed by atoms with Gasteiger partial charge in [-0.25, -0.2) is 14.4 Å². The summed E-state index contributed by atoms with van der Waals surface area (Å²) < 4.78 is 45.8. The SMILES string of the molecule is Cc1cnc(C(F)(F)C(O)c2cc(C)n(-c3cc(-c4ccnc(C(C)(C)O)n4)ncc3C)c(=O)c2Cl)c(F)c1. The highest BCUT2D eigenvalue weighted by molar-refractivity contribution is 6.31. The summed E-state index contributed by atoms with van der Waals surface area (Å²) in [6, 6.07) is 5.16. The molecular formula is C27H25ClF3N5O3. The number of rotatable bonds is 6. The Balaban J connectivity index is 1.82. The van der Waals surface area contributed by atoms with E-state index in [-0.39, 0.29) is 11.5 Å². The highest BCUT2D eigenvalue weighted by Crippen LogP contribution is 2.42. The smallest absolute Gasteiger partial charge is 0.321 e. The van der Waals surface area contributed by atoms with Crippen LogP contribution in [0.1, 0.15) is 53.9 Å². The maximum Gasteiger partial charge on any atom is 0.321 e. The van der Waals surface area contributed by atoms with Gasteiger partial charge in [0.25, 0.3) is 5.56 Å². The number of hydrogen-bond donors (Lipinski definition) is 2. The average molecular weight is 560 g/mol. The molecular weight excluding hydrogens is 535 g/mol. The van der Waals surface area contributed by atoms with Gasteiger partial charge in [-0.05, 0) is 70.0 Å². The molecule has 0 spiro atoms. The Kier molecular flexibility index (Phi) is 7.37. The van der Waals surface area contributed by atoms with Crippen LogP contribution < -0.4 is 5.56 Å². The Morgan fingerprint density at radius 1 is 1.03 bits per heavy atom. The van der Waals surface area contributed by atoms with Gasteiger partial charge >= 0.3 is 5.92 Å². The molecule has 0 fully saturated rings. The van der Waals surface area contributed by atoms with E-state index in [0.717, 1.165) is 18.3 Å². The van der Waals surface area contributed by atoms with Crippen molar-refractivity contribution < 1.29 is 23.4 Å². The summed E-state index contributed by atoms with van der Waals surface area (Å²) in [5.41, 5.74) is -1.90. The van der Waals surface area contributed by atoms with E-state index in [4.69, 9.17) is 11.6 Å². The fourth-order valence-electron chi connectivity index (χ4n) is 4.03. The van der Waals surface area contributed by atoms with Crippen LogP contribution in [0, 0.1) is 26.6 Å². The molecule has 0 amide bonds. The standard InChI is InChI=1S/C27H25ClF3N5O3/c1-13-8-17(29)22(34-11-13)27(30,31)23(37)16-9-15(3)36(24(38)21(16)28)20-10-19(33-12-14(20)2)18-6-7-32-25(35-18)26(4,5)39/h6-12,23,37,39H,1-5H3. The molecule has 0 saturated heterocycles. The van der Waals surface area contributed by atoms with Crippen molar-refractivity contribution in [2.45, 2.75) is 52.2 Å². The van der Waals surface area contributed by atoms with E-state index in [1.54, 1.807) is 19.1 Å². The van der Waals surface area contributed by atoms with E-state index in [0.29, 0.717) is 28.2 Å². The third-order valence-electron chi connectivity index (χ3n) is 6.07. The van der Waals surface area contributed by atoms with Gasteiger partial charge in [0.05, 0.1) is 17.1 Å². The predicted molar refractivity (Wildman–Crippen MR) is 138 cm³/mol. The minimum Gasteiger partial charge on any atom is -0.382 e. The summed E-state index contributed by atoms with van der Waals surface area (Å²) in [6.45, 7) is 7.73. The number of aliphatic hydroxyl groups excluding tert-OH is 1. The molecule has 0 aromatic carbocycles. The normalized spacial score (nSPS) is 13.0. The van der Waals surface area contributed by atoms with Crippen molar-refractivity contribution in [2.75, 3.05) is 0 Å². The lowest BCUT2D eigenvalue weighted by atomic mass is 9.99. The van der Waals surface area contributed by atoms with Crippen LogP contribution in [-0.2, 0) is 11.5 Å². The second-order valence-corrected chi connectivity index (χ2v) is 10.1. The van der Waals surface area contributed by atoms with Crippen LogP contribution in [0.2, 0.25) is 5.02 Å². The molecule has 0 aliphatic heterocycles. The molecule has 1 unspecified atom stereocenters. The molecule has 2 N–H and O–H groups in total. The zero-order chi connectivity index (χ0) is 28.9. The van der Waals surface area contributed by atoms with Crippen LogP contribution in [0.5, 0.6) is 0 Å². The lowest BCUT2D eigenvalue weighted by molar-refractivity contribution is -0.123. The Bertz CT molecular complexity index is 1640. The van der Waals surface area contributed by atoms with Crippen LogP contribution in [0.15, 0.2) is 47.7 Å². The fourth-order valence-corrected chi connectivity index (χ4v) is 4.27. The first-order valence-corrected chi connectivity index (χ1v) is 12.1. The molecule has 0 aliphatic rings. The minimum absolute atomic E-state index is 0.166. The number of hydrogen-bond acceptors (Lipinski definition) is 7. The van der Waals surface area contributed by atoms with Crippen LogP contribution in [-0.4, -0.2) is 34.7 Å². The maximum absolute atomic E-state index is 15.2. The van der Waals surface area contributed by atoms with E-state index in [1.807, 2.05) is 0 Å². The van der Waals surface area contributed by atoms with Crippen molar-refractivity contribution in [3.8, 4) is 17.1 Å². The van der Waals surface area contributed by atoms with Gasteiger partial charge in [0.2, 0.25) is 0 Å². The molecule has 0 radical (unpaired) electrons. The molecule has 8 nitrogen and oxygen atoms in total. The van der Waals surface area contributed by atoms with Crippen molar-refractivity contribution in [3.05, 3.63) is 98.0 Å². The Hall–Kier alpha value is -3.67. The van der Waals surface area contributed by atoms with Crippen LogP contribution in [0.25, 0.3) is 17.1 Å². The van der Waals surface area contributed by atoms with Crippen molar-refractivity contribution in [1.82, 2.24) is 24.5 Å². The van der Waals surface area contributed by atoms with Crippen LogP contribution >= 0.6 is 11.6 Å². The first kappa shape index (κ1) is 28.3. The number of alkyl halides is 2. The fraction of sp³-hybridized carbons (Fsp3) is 0.296. The molecule has 4 heterocycles. The van der Waals surface area contributed by atoms with E-state index < -0.39 is 45.3 Å².